The van der Waals surface area contributed by atoms with Gasteiger partial charge in [-0.05, 0) is 52.4 Å². The maximum Gasteiger partial charge on any atom is 0.417 e. The van der Waals surface area contributed by atoms with Crippen LogP contribution in [0, 0.1) is 5.92 Å². The van der Waals surface area contributed by atoms with Crippen molar-refractivity contribution in [3.8, 4) is 0 Å². The summed E-state index contributed by atoms with van der Waals surface area (Å²) in [6.45, 7) is -0.0461. The molecular formula is C27H28BrNO7. The maximum atomic E-state index is 14.0. The van der Waals surface area contributed by atoms with Crippen LogP contribution in [0.25, 0.3) is 0 Å². The largest absolute Gasteiger partial charge is 0.446 e. The van der Waals surface area contributed by atoms with E-state index in [4.69, 9.17) is 14.6 Å². The zero-order valence-electron chi connectivity index (χ0n) is 19.6. The number of aliphatic hydroxyl groups excluding tert-OH is 1. The predicted octanol–water partition coefficient (Wildman–Crippen LogP) is 3.66. The molecule has 0 aliphatic carbocycles. The Morgan fingerprint density at radius 1 is 1.08 bits per heavy atom. The molecule has 0 bridgehead atoms. The normalized spacial score (nSPS) is 24.9. The van der Waals surface area contributed by atoms with Gasteiger partial charge in [0.2, 0.25) is 5.91 Å². The molecule has 2 amide bonds. The number of benzene rings is 2. The molecule has 2 aromatic carbocycles. The van der Waals surface area contributed by atoms with Crippen LogP contribution in [0.2, 0.25) is 0 Å². The van der Waals surface area contributed by atoms with Crippen LogP contribution in [0.1, 0.15) is 36.4 Å². The first kappa shape index (κ1) is 26.2. The number of aliphatic hydroxyl groups is 2. The number of amides is 2. The van der Waals surface area contributed by atoms with Gasteiger partial charge in [-0.2, -0.15) is 0 Å². The molecule has 36 heavy (non-hydrogen) atoms. The maximum absolute atomic E-state index is 14.0. The lowest BCUT2D eigenvalue weighted by atomic mass is 9.87. The Kier molecular flexibility index (Phi) is 8.35. The molecule has 4 unspecified atom stereocenters. The van der Waals surface area contributed by atoms with Crippen molar-refractivity contribution in [3.05, 3.63) is 82.3 Å². The minimum atomic E-state index is -1.84. The molecule has 4 atom stereocenters. The summed E-state index contributed by atoms with van der Waals surface area (Å²) in [6.07, 6.45) is 0.208. The zero-order valence-corrected chi connectivity index (χ0v) is 21.2. The van der Waals surface area contributed by atoms with Crippen LogP contribution >= 0.6 is 15.9 Å². The minimum absolute atomic E-state index is 0.00264. The molecule has 2 aliphatic heterocycles. The molecule has 9 heteroatoms. The number of halogens is 1. The van der Waals surface area contributed by atoms with Crippen molar-refractivity contribution in [1.82, 2.24) is 4.90 Å². The van der Waals surface area contributed by atoms with Crippen LogP contribution in [0.15, 0.2) is 71.2 Å². The molecule has 1 fully saturated rings. The highest BCUT2D eigenvalue weighted by Gasteiger charge is 2.49. The Labute approximate surface area is 217 Å². The van der Waals surface area contributed by atoms with Crippen LogP contribution in [-0.2, 0) is 25.5 Å². The number of cyclic esters (lactones) is 1. The van der Waals surface area contributed by atoms with Crippen molar-refractivity contribution < 1.29 is 34.1 Å². The summed E-state index contributed by atoms with van der Waals surface area (Å²) in [5.74, 6) is -4.05. The van der Waals surface area contributed by atoms with E-state index in [9.17, 15) is 19.5 Å². The Hall–Kier alpha value is -2.85. The van der Waals surface area contributed by atoms with E-state index in [-0.39, 0.29) is 30.5 Å². The van der Waals surface area contributed by atoms with E-state index < -0.39 is 41.6 Å². The molecule has 0 radical (unpaired) electrons. The quantitative estimate of drug-likeness (QED) is 0.452. The number of ether oxygens (including phenoxy) is 2. The fraction of sp³-hybridized carbons (Fsp3) is 0.370. The number of rotatable bonds is 9. The lowest BCUT2D eigenvalue weighted by molar-refractivity contribution is -0.218. The second kappa shape index (κ2) is 11.5. The Bertz CT molecular complexity index is 1120. The van der Waals surface area contributed by atoms with Gasteiger partial charge in [0.25, 0.3) is 0 Å². The highest BCUT2D eigenvalue weighted by atomic mass is 79.9. The number of hydrogen-bond acceptors (Lipinski definition) is 7. The second-order valence-corrected chi connectivity index (χ2v) is 9.76. The first-order chi connectivity index (χ1) is 17.3. The molecule has 0 saturated carbocycles. The van der Waals surface area contributed by atoms with E-state index in [0.29, 0.717) is 12.8 Å². The lowest BCUT2D eigenvalue weighted by Gasteiger charge is -2.38. The van der Waals surface area contributed by atoms with Gasteiger partial charge in [0.05, 0.1) is 10.4 Å². The van der Waals surface area contributed by atoms with Crippen molar-refractivity contribution in [2.75, 3.05) is 13.2 Å². The van der Waals surface area contributed by atoms with E-state index in [1.165, 1.54) is 6.08 Å². The standard InChI is InChI=1S/C27H28BrNO7/c28-23-16-22(31)24(36-27(23,34)13-7-8-14-30)20(15-18-9-3-1-4-10-18)25(32)29-21(17-35-26(29)33)19-11-5-2-6-12-19/h1-6,9-12,16,20-21,24,30,34H,7-8,13-15,17H2. The third-order valence-corrected chi connectivity index (χ3v) is 7.29. The Morgan fingerprint density at radius 3 is 2.42 bits per heavy atom. The molecule has 0 aromatic heterocycles. The van der Waals surface area contributed by atoms with Gasteiger partial charge in [-0.1, -0.05) is 60.7 Å². The van der Waals surface area contributed by atoms with E-state index in [2.05, 4.69) is 15.9 Å². The smallest absolute Gasteiger partial charge is 0.417 e. The summed E-state index contributed by atoms with van der Waals surface area (Å²) in [4.78, 5) is 40.9. The van der Waals surface area contributed by atoms with Crippen LogP contribution in [0.5, 0.6) is 0 Å². The molecule has 0 spiro atoms. The van der Waals surface area contributed by atoms with Gasteiger partial charge < -0.3 is 19.7 Å². The average Bonchev–Trinajstić information content (AvgIpc) is 3.27. The monoisotopic (exact) mass is 557 g/mol. The van der Waals surface area contributed by atoms with Crippen molar-refractivity contribution in [2.45, 2.75) is 43.6 Å². The summed E-state index contributed by atoms with van der Waals surface area (Å²) >= 11 is 3.23. The van der Waals surface area contributed by atoms with Crippen molar-refractivity contribution in [1.29, 1.82) is 0 Å². The van der Waals surface area contributed by atoms with Gasteiger partial charge in [-0.15, -0.1) is 0 Å². The number of hydrogen-bond donors (Lipinski definition) is 2. The molecule has 2 N–H and O–H groups in total. The van der Waals surface area contributed by atoms with Gasteiger partial charge in [-0.3, -0.25) is 9.59 Å². The predicted molar refractivity (Wildman–Crippen MR) is 134 cm³/mol. The third kappa shape index (κ3) is 5.59. The molecule has 2 aromatic rings. The second-order valence-electron chi connectivity index (χ2n) is 8.91. The zero-order chi connectivity index (χ0) is 25.7. The number of imide groups is 1. The van der Waals surface area contributed by atoms with Crippen molar-refractivity contribution in [2.24, 2.45) is 5.92 Å². The van der Waals surface area contributed by atoms with Crippen LogP contribution < -0.4 is 0 Å². The fourth-order valence-electron chi connectivity index (χ4n) is 4.54. The number of carbonyl (C=O) groups excluding carboxylic acids is 3. The molecule has 1 saturated heterocycles. The molecule has 2 heterocycles. The molecule has 4 rings (SSSR count). The number of carbonyl (C=O) groups is 3. The summed E-state index contributed by atoms with van der Waals surface area (Å²) in [5, 5.41) is 20.3. The van der Waals surface area contributed by atoms with Crippen LogP contribution in [-0.4, -0.2) is 58.0 Å². The lowest BCUT2D eigenvalue weighted by Crippen LogP contribution is -2.52. The number of nitrogens with zero attached hydrogens (tertiary/aromatic N) is 1. The van der Waals surface area contributed by atoms with Crippen LogP contribution in [0.3, 0.4) is 0 Å². The molecular weight excluding hydrogens is 530 g/mol. The van der Waals surface area contributed by atoms with E-state index in [1.54, 1.807) is 12.1 Å². The van der Waals surface area contributed by atoms with Gasteiger partial charge in [0, 0.05) is 13.0 Å². The Morgan fingerprint density at radius 2 is 1.75 bits per heavy atom. The Balaban J connectivity index is 1.69. The summed E-state index contributed by atoms with van der Waals surface area (Å²) in [7, 11) is 0. The van der Waals surface area contributed by atoms with E-state index in [0.717, 1.165) is 16.0 Å². The first-order valence-corrected chi connectivity index (χ1v) is 12.6. The third-order valence-electron chi connectivity index (χ3n) is 6.44. The van der Waals surface area contributed by atoms with Crippen molar-refractivity contribution in [3.63, 3.8) is 0 Å². The average molecular weight is 558 g/mol. The summed E-state index contributed by atoms with van der Waals surface area (Å²) in [6, 6.07) is 17.5. The molecule has 2 aliphatic rings. The van der Waals surface area contributed by atoms with E-state index in [1.807, 2.05) is 48.5 Å². The molecule has 8 nitrogen and oxygen atoms in total. The number of ketones is 1. The van der Waals surface area contributed by atoms with Gasteiger partial charge in [-0.25, -0.2) is 9.69 Å². The van der Waals surface area contributed by atoms with Gasteiger partial charge >= 0.3 is 6.09 Å². The minimum Gasteiger partial charge on any atom is -0.446 e. The highest BCUT2D eigenvalue weighted by molar-refractivity contribution is 9.11. The summed E-state index contributed by atoms with van der Waals surface area (Å²) < 4.78 is 11.3. The summed E-state index contributed by atoms with van der Waals surface area (Å²) in [5.41, 5.74) is 1.50. The van der Waals surface area contributed by atoms with Crippen molar-refractivity contribution >= 4 is 33.7 Å². The van der Waals surface area contributed by atoms with Gasteiger partial charge in [0.15, 0.2) is 11.6 Å². The van der Waals surface area contributed by atoms with Crippen LogP contribution in [0.4, 0.5) is 4.79 Å². The fourth-order valence-corrected chi connectivity index (χ4v) is 5.05. The van der Waals surface area contributed by atoms with Gasteiger partial charge in [0.1, 0.15) is 18.8 Å². The SMILES string of the molecule is O=C1C=C(Br)C(O)(CCCCO)OC1C(Cc1ccccc1)C(=O)N1C(=O)OCC1c1ccccc1. The highest BCUT2D eigenvalue weighted by Crippen LogP contribution is 2.39. The topological polar surface area (TPSA) is 113 Å². The molecule has 190 valence electrons. The van der Waals surface area contributed by atoms with E-state index >= 15 is 0 Å². The number of unbranched alkanes of at least 4 members (excludes halogenated alkanes) is 1. The first-order valence-electron chi connectivity index (χ1n) is 11.9.